The molecule has 0 saturated heterocycles. The van der Waals surface area contributed by atoms with Gasteiger partial charge in [-0.1, -0.05) is 29.8 Å². The zero-order valence-corrected chi connectivity index (χ0v) is 13.0. The molecule has 1 aromatic carbocycles. The van der Waals surface area contributed by atoms with Crippen molar-refractivity contribution in [3.63, 3.8) is 0 Å². The number of aromatic nitrogens is 1. The number of allylic oxidation sites excluding steroid dienone is 2. The molecule has 2 aliphatic rings. The standard InChI is InChI=1S/C18H17ClN2O/c1-22-15-9-8-13(19)16-11-5-4-6-12(11)17(21-18(15)16)14-7-2-3-10-20-14/h2-5,7-12,17,21H,6H2,1H3/t11-,12+,17-/m1/s1. The lowest BCUT2D eigenvalue weighted by Gasteiger charge is -2.38. The van der Waals surface area contributed by atoms with Gasteiger partial charge in [-0.2, -0.15) is 0 Å². The first-order valence-corrected chi connectivity index (χ1v) is 7.88. The van der Waals surface area contributed by atoms with Gasteiger partial charge in [0.25, 0.3) is 0 Å². The van der Waals surface area contributed by atoms with Crippen LogP contribution in [0.5, 0.6) is 5.75 Å². The van der Waals surface area contributed by atoms with Gasteiger partial charge in [0, 0.05) is 22.7 Å². The predicted molar refractivity (Wildman–Crippen MR) is 88.6 cm³/mol. The van der Waals surface area contributed by atoms with E-state index in [9.17, 15) is 0 Å². The Morgan fingerprint density at radius 1 is 1.27 bits per heavy atom. The Balaban J connectivity index is 1.87. The van der Waals surface area contributed by atoms with E-state index < -0.39 is 0 Å². The van der Waals surface area contributed by atoms with Gasteiger partial charge in [-0.15, -0.1) is 0 Å². The van der Waals surface area contributed by atoms with Crippen molar-refractivity contribution in [2.45, 2.75) is 18.4 Å². The Morgan fingerprint density at radius 2 is 2.18 bits per heavy atom. The van der Waals surface area contributed by atoms with E-state index in [4.69, 9.17) is 16.3 Å². The SMILES string of the molecule is COc1ccc(Cl)c2c1N[C@@H](c1ccccn1)[C@H]1CC=C[C@@H]21. The van der Waals surface area contributed by atoms with Crippen molar-refractivity contribution >= 4 is 17.3 Å². The lowest BCUT2D eigenvalue weighted by molar-refractivity contribution is 0.394. The van der Waals surface area contributed by atoms with E-state index in [0.29, 0.717) is 11.8 Å². The molecule has 1 aromatic heterocycles. The Bertz CT molecular complexity index is 729. The fraction of sp³-hybridized carbons (Fsp3) is 0.278. The molecule has 0 amide bonds. The second-order valence-corrected chi connectivity index (χ2v) is 6.18. The molecule has 0 radical (unpaired) electrons. The fourth-order valence-corrected chi connectivity index (χ4v) is 3.94. The maximum atomic E-state index is 6.49. The van der Waals surface area contributed by atoms with Crippen molar-refractivity contribution in [1.82, 2.24) is 4.98 Å². The molecule has 0 spiro atoms. The van der Waals surface area contributed by atoms with Crippen LogP contribution in [-0.4, -0.2) is 12.1 Å². The molecule has 0 bridgehead atoms. The molecular formula is C18H17ClN2O. The van der Waals surface area contributed by atoms with Gasteiger partial charge in [-0.05, 0) is 36.6 Å². The van der Waals surface area contributed by atoms with Crippen molar-refractivity contribution in [2.24, 2.45) is 5.92 Å². The van der Waals surface area contributed by atoms with Crippen molar-refractivity contribution in [3.05, 3.63) is 65.0 Å². The number of nitrogens with zero attached hydrogens (tertiary/aromatic N) is 1. The lowest BCUT2D eigenvalue weighted by Crippen LogP contribution is -2.30. The lowest BCUT2D eigenvalue weighted by atomic mass is 9.78. The van der Waals surface area contributed by atoms with Crippen LogP contribution >= 0.6 is 11.6 Å². The number of nitrogens with one attached hydrogen (secondary N) is 1. The van der Waals surface area contributed by atoms with Gasteiger partial charge in [0.1, 0.15) is 5.75 Å². The summed E-state index contributed by atoms with van der Waals surface area (Å²) in [5, 5.41) is 4.43. The van der Waals surface area contributed by atoms with Crippen LogP contribution in [0.3, 0.4) is 0 Å². The van der Waals surface area contributed by atoms with E-state index in [0.717, 1.165) is 34.1 Å². The van der Waals surface area contributed by atoms with E-state index in [1.165, 1.54) is 0 Å². The summed E-state index contributed by atoms with van der Waals surface area (Å²) in [4.78, 5) is 4.55. The number of halogens is 1. The molecule has 0 fully saturated rings. The topological polar surface area (TPSA) is 34.1 Å². The normalized spacial score (nSPS) is 25.3. The summed E-state index contributed by atoms with van der Waals surface area (Å²) >= 11 is 6.49. The summed E-state index contributed by atoms with van der Waals surface area (Å²) in [5.41, 5.74) is 3.21. The van der Waals surface area contributed by atoms with Gasteiger partial charge < -0.3 is 10.1 Å². The summed E-state index contributed by atoms with van der Waals surface area (Å²) < 4.78 is 5.53. The first kappa shape index (κ1) is 13.6. The highest BCUT2D eigenvalue weighted by Crippen LogP contribution is 2.53. The smallest absolute Gasteiger partial charge is 0.142 e. The van der Waals surface area contributed by atoms with Crippen molar-refractivity contribution < 1.29 is 4.74 Å². The number of hydrogen-bond donors (Lipinski definition) is 1. The van der Waals surface area contributed by atoms with Crippen LogP contribution < -0.4 is 10.1 Å². The third kappa shape index (κ3) is 2.00. The Kier molecular flexibility index (Phi) is 3.30. The number of methoxy groups -OCH3 is 1. The predicted octanol–water partition coefficient (Wildman–Crippen LogP) is 4.57. The molecule has 1 N–H and O–H groups in total. The van der Waals surface area contributed by atoms with Gasteiger partial charge in [-0.3, -0.25) is 4.98 Å². The Morgan fingerprint density at radius 3 is 2.95 bits per heavy atom. The first-order valence-electron chi connectivity index (χ1n) is 7.50. The minimum atomic E-state index is 0.168. The van der Waals surface area contributed by atoms with Crippen LogP contribution in [-0.2, 0) is 0 Å². The first-order chi connectivity index (χ1) is 10.8. The summed E-state index contributed by atoms with van der Waals surface area (Å²) in [5.74, 6) is 1.58. The van der Waals surface area contributed by atoms with Crippen LogP contribution in [0.25, 0.3) is 0 Å². The quantitative estimate of drug-likeness (QED) is 0.825. The largest absolute Gasteiger partial charge is 0.495 e. The van der Waals surface area contributed by atoms with Gasteiger partial charge in [0.05, 0.1) is 24.5 Å². The van der Waals surface area contributed by atoms with Gasteiger partial charge in [0.15, 0.2) is 0 Å². The summed E-state index contributed by atoms with van der Waals surface area (Å²) in [7, 11) is 1.69. The maximum absolute atomic E-state index is 6.49. The molecule has 112 valence electrons. The van der Waals surface area contributed by atoms with Crippen molar-refractivity contribution in [3.8, 4) is 5.75 Å². The molecule has 0 unspecified atom stereocenters. The molecule has 4 rings (SSSR count). The highest BCUT2D eigenvalue weighted by molar-refractivity contribution is 6.32. The zero-order valence-electron chi connectivity index (χ0n) is 12.3. The maximum Gasteiger partial charge on any atom is 0.142 e. The minimum Gasteiger partial charge on any atom is -0.495 e. The third-order valence-electron chi connectivity index (χ3n) is 4.65. The highest BCUT2D eigenvalue weighted by Gasteiger charge is 2.40. The molecule has 4 heteroatoms. The van der Waals surface area contributed by atoms with E-state index in [-0.39, 0.29) is 6.04 Å². The van der Waals surface area contributed by atoms with Gasteiger partial charge in [0.2, 0.25) is 0 Å². The molecular weight excluding hydrogens is 296 g/mol. The van der Waals surface area contributed by atoms with Crippen LogP contribution in [0.1, 0.15) is 29.6 Å². The number of anilines is 1. The summed E-state index contributed by atoms with van der Waals surface area (Å²) in [6, 6.07) is 10.1. The number of rotatable bonds is 2. The minimum absolute atomic E-state index is 0.168. The summed E-state index contributed by atoms with van der Waals surface area (Å²) in [6.07, 6.45) is 7.40. The van der Waals surface area contributed by atoms with Gasteiger partial charge >= 0.3 is 0 Å². The molecule has 0 saturated carbocycles. The third-order valence-corrected chi connectivity index (χ3v) is 4.98. The van der Waals surface area contributed by atoms with Crippen LogP contribution in [0, 0.1) is 5.92 Å². The number of hydrogen-bond acceptors (Lipinski definition) is 3. The zero-order chi connectivity index (χ0) is 15.1. The van der Waals surface area contributed by atoms with Crippen LogP contribution in [0.15, 0.2) is 48.7 Å². The second kappa shape index (κ2) is 5.33. The average molecular weight is 313 g/mol. The van der Waals surface area contributed by atoms with E-state index in [1.807, 2.05) is 30.5 Å². The van der Waals surface area contributed by atoms with E-state index in [2.05, 4.69) is 28.5 Å². The average Bonchev–Trinajstić information content (AvgIpc) is 3.04. The monoisotopic (exact) mass is 312 g/mol. The number of benzene rings is 1. The van der Waals surface area contributed by atoms with Gasteiger partial charge in [-0.25, -0.2) is 0 Å². The van der Waals surface area contributed by atoms with Crippen LogP contribution in [0.2, 0.25) is 5.02 Å². The second-order valence-electron chi connectivity index (χ2n) is 5.77. The van der Waals surface area contributed by atoms with Crippen molar-refractivity contribution in [1.29, 1.82) is 0 Å². The number of fused-ring (bicyclic) bond motifs is 3. The Hall–Kier alpha value is -2.00. The molecule has 2 heterocycles. The fourth-order valence-electron chi connectivity index (χ4n) is 3.66. The Labute approximate surface area is 135 Å². The molecule has 3 atom stereocenters. The molecule has 1 aliphatic carbocycles. The van der Waals surface area contributed by atoms with E-state index in [1.54, 1.807) is 7.11 Å². The molecule has 22 heavy (non-hydrogen) atoms. The number of ether oxygens (including phenoxy) is 1. The van der Waals surface area contributed by atoms with Crippen LogP contribution in [0.4, 0.5) is 5.69 Å². The highest BCUT2D eigenvalue weighted by atomic mass is 35.5. The number of pyridine rings is 1. The molecule has 3 nitrogen and oxygen atoms in total. The van der Waals surface area contributed by atoms with Crippen molar-refractivity contribution in [2.75, 3.05) is 12.4 Å². The van der Waals surface area contributed by atoms with E-state index >= 15 is 0 Å². The summed E-state index contributed by atoms with van der Waals surface area (Å²) in [6.45, 7) is 0. The molecule has 1 aliphatic heterocycles. The molecule has 2 aromatic rings.